The van der Waals surface area contributed by atoms with Crippen LogP contribution in [0, 0.1) is 12.7 Å². The minimum atomic E-state index is -0.137. The van der Waals surface area contributed by atoms with Gasteiger partial charge in [-0.05, 0) is 58.1 Å². The highest BCUT2D eigenvalue weighted by molar-refractivity contribution is 5.29. The molecule has 0 bridgehead atoms. The van der Waals surface area contributed by atoms with E-state index in [0.717, 1.165) is 18.5 Å². The van der Waals surface area contributed by atoms with Gasteiger partial charge in [0, 0.05) is 5.54 Å². The Morgan fingerprint density at radius 2 is 1.95 bits per heavy atom. The molecule has 0 heterocycles. The van der Waals surface area contributed by atoms with Crippen LogP contribution in [-0.2, 0) is 0 Å². The van der Waals surface area contributed by atoms with Gasteiger partial charge in [-0.2, -0.15) is 0 Å². The molecule has 0 saturated heterocycles. The fourth-order valence-corrected chi connectivity index (χ4v) is 2.53. The van der Waals surface area contributed by atoms with E-state index in [-0.39, 0.29) is 17.4 Å². The van der Waals surface area contributed by atoms with Crippen molar-refractivity contribution in [2.75, 3.05) is 20.6 Å². The van der Waals surface area contributed by atoms with Gasteiger partial charge in [-0.15, -0.1) is 0 Å². The third-order valence-corrected chi connectivity index (χ3v) is 4.28. The van der Waals surface area contributed by atoms with Gasteiger partial charge < -0.3 is 10.2 Å². The molecule has 0 radical (unpaired) electrons. The van der Waals surface area contributed by atoms with E-state index in [1.807, 2.05) is 19.1 Å². The maximum Gasteiger partial charge on any atom is 0.126 e. The first kappa shape index (κ1) is 16.1. The SMILES string of the molecule is CCNC(c1ccc(F)c(C)c1)C(C)(CC)N(C)C. The third kappa shape index (κ3) is 3.34. The van der Waals surface area contributed by atoms with Crippen LogP contribution in [-0.4, -0.2) is 31.1 Å². The predicted molar refractivity (Wildman–Crippen MR) is 79.9 cm³/mol. The summed E-state index contributed by atoms with van der Waals surface area (Å²) in [5, 5.41) is 3.55. The number of benzene rings is 1. The summed E-state index contributed by atoms with van der Waals surface area (Å²) in [6.07, 6.45) is 1.02. The van der Waals surface area contributed by atoms with E-state index >= 15 is 0 Å². The highest BCUT2D eigenvalue weighted by Gasteiger charge is 2.35. The van der Waals surface area contributed by atoms with Crippen LogP contribution < -0.4 is 5.32 Å². The van der Waals surface area contributed by atoms with Crippen LogP contribution in [0.3, 0.4) is 0 Å². The van der Waals surface area contributed by atoms with Gasteiger partial charge in [0.05, 0.1) is 6.04 Å². The second kappa shape index (κ2) is 6.49. The summed E-state index contributed by atoms with van der Waals surface area (Å²) >= 11 is 0. The second-order valence-electron chi connectivity index (χ2n) is 5.60. The van der Waals surface area contributed by atoms with Crippen LogP contribution in [0.25, 0.3) is 0 Å². The van der Waals surface area contributed by atoms with E-state index in [9.17, 15) is 4.39 Å². The zero-order valence-corrected chi connectivity index (χ0v) is 13.0. The Morgan fingerprint density at radius 3 is 2.37 bits per heavy atom. The van der Waals surface area contributed by atoms with Crippen LogP contribution in [0.2, 0.25) is 0 Å². The van der Waals surface area contributed by atoms with Crippen LogP contribution in [0.5, 0.6) is 0 Å². The lowest BCUT2D eigenvalue weighted by Gasteiger charge is -2.43. The van der Waals surface area contributed by atoms with E-state index in [2.05, 4.69) is 45.1 Å². The molecule has 1 aromatic carbocycles. The Kier molecular flexibility index (Phi) is 5.50. The van der Waals surface area contributed by atoms with Gasteiger partial charge >= 0.3 is 0 Å². The fraction of sp³-hybridized carbons (Fsp3) is 0.625. The summed E-state index contributed by atoms with van der Waals surface area (Å²) in [6.45, 7) is 9.26. The zero-order chi connectivity index (χ0) is 14.6. The molecule has 0 saturated carbocycles. The first-order chi connectivity index (χ1) is 8.86. The van der Waals surface area contributed by atoms with Gasteiger partial charge in [-0.1, -0.05) is 26.0 Å². The maximum atomic E-state index is 13.5. The van der Waals surface area contributed by atoms with Gasteiger partial charge in [-0.25, -0.2) is 4.39 Å². The fourth-order valence-electron chi connectivity index (χ4n) is 2.53. The Bertz CT molecular complexity index is 417. The number of halogens is 1. The van der Waals surface area contributed by atoms with Crippen molar-refractivity contribution in [3.8, 4) is 0 Å². The van der Waals surface area contributed by atoms with Crippen molar-refractivity contribution in [1.29, 1.82) is 0 Å². The van der Waals surface area contributed by atoms with E-state index in [1.165, 1.54) is 0 Å². The zero-order valence-electron chi connectivity index (χ0n) is 13.0. The smallest absolute Gasteiger partial charge is 0.126 e. The molecule has 0 aromatic heterocycles. The first-order valence-corrected chi connectivity index (χ1v) is 7.03. The van der Waals surface area contributed by atoms with E-state index in [0.29, 0.717) is 5.56 Å². The van der Waals surface area contributed by atoms with Crippen molar-refractivity contribution in [2.45, 2.75) is 45.7 Å². The number of rotatable bonds is 6. The summed E-state index contributed by atoms with van der Waals surface area (Å²) in [4.78, 5) is 2.25. The number of nitrogens with one attached hydrogen (secondary N) is 1. The summed E-state index contributed by atoms with van der Waals surface area (Å²) in [5.41, 5.74) is 1.86. The molecular formula is C16H27FN2. The molecule has 1 N–H and O–H groups in total. The molecule has 1 aromatic rings. The Hall–Kier alpha value is -0.930. The molecule has 0 aliphatic carbocycles. The Morgan fingerprint density at radius 1 is 1.32 bits per heavy atom. The molecule has 0 aliphatic rings. The van der Waals surface area contributed by atoms with Crippen molar-refractivity contribution in [3.05, 3.63) is 35.1 Å². The molecule has 0 amide bonds. The topological polar surface area (TPSA) is 15.3 Å². The van der Waals surface area contributed by atoms with Crippen LogP contribution in [0.1, 0.15) is 44.4 Å². The molecule has 108 valence electrons. The Labute approximate surface area is 117 Å². The van der Waals surface area contributed by atoms with Gasteiger partial charge in [-0.3, -0.25) is 0 Å². The average Bonchev–Trinajstić information content (AvgIpc) is 2.38. The number of likely N-dealkylation sites (N-methyl/N-ethyl adjacent to an activating group) is 2. The van der Waals surface area contributed by atoms with E-state index in [1.54, 1.807) is 6.07 Å². The number of hydrogen-bond donors (Lipinski definition) is 1. The molecule has 2 nitrogen and oxygen atoms in total. The minimum absolute atomic E-state index is 0.000277. The van der Waals surface area contributed by atoms with Gasteiger partial charge in [0.1, 0.15) is 5.82 Å². The standard InChI is InChI=1S/C16H27FN2/c1-7-16(4,19(5)6)15(18-8-2)13-9-10-14(17)12(3)11-13/h9-11,15,18H,7-8H2,1-6H3. The third-order valence-electron chi connectivity index (χ3n) is 4.28. The van der Waals surface area contributed by atoms with Crippen molar-refractivity contribution < 1.29 is 4.39 Å². The molecule has 3 heteroatoms. The molecule has 2 unspecified atom stereocenters. The van der Waals surface area contributed by atoms with Crippen LogP contribution in [0.4, 0.5) is 4.39 Å². The van der Waals surface area contributed by atoms with E-state index < -0.39 is 0 Å². The van der Waals surface area contributed by atoms with Crippen LogP contribution >= 0.6 is 0 Å². The largest absolute Gasteiger partial charge is 0.309 e. The van der Waals surface area contributed by atoms with E-state index in [4.69, 9.17) is 0 Å². The lowest BCUT2D eigenvalue weighted by molar-refractivity contribution is 0.113. The molecule has 0 aliphatic heterocycles. The van der Waals surface area contributed by atoms with Crippen molar-refractivity contribution >= 4 is 0 Å². The molecule has 19 heavy (non-hydrogen) atoms. The van der Waals surface area contributed by atoms with Crippen molar-refractivity contribution in [1.82, 2.24) is 10.2 Å². The summed E-state index contributed by atoms with van der Waals surface area (Å²) in [7, 11) is 4.20. The number of hydrogen-bond acceptors (Lipinski definition) is 2. The van der Waals surface area contributed by atoms with Crippen molar-refractivity contribution in [2.24, 2.45) is 0 Å². The number of nitrogens with zero attached hydrogens (tertiary/aromatic N) is 1. The van der Waals surface area contributed by atoms with Crippen LogP contribution in [0.15, 0.2) is 18.2 Å². The lowest BCUT2D eigenvalue weighted by Crippen LogP contribution is -2.51. The summed E-state index contributed by atoms with van der Waals surface area (Å²) in [6, 6.07) is 5.62. The minimum Gasteiger partial charge on any atom is -0.309 e. The predicted octanol–water partition coefficient (Wildman–Crippen LogP) is 3.52. The molecule has 1 rings (SSSR count). The quantitative estimate of drug-likeness (QED) is 0.847. The molecular weight excluding hydrogens is 239 g/mol. The van der Waals surface area contributed by atoms with Gasteiger partial charge in [0.2, 0.25) is 0 Å². The highest BCUT2D eigenvalue weighted by atomic mass is 19.1. The summed E-state index contributed by atoms with van der Waals surface area (Å²) in [5.74, 6) is -0.137. The molecule has 0 fully saturated rings. The second-order valence-corrected chi connectivity index (χ2v) is 5.60. The Balaban J connectivity index is 3.22. The normalized spacial score (nSPS) is 16.4. The van der Waals surface area contributed by atoms with Crippen molar-refractivity contribution in [3.63, 3.8) is 0 Å². The lowest BCUT2D eigenvalue weighted by atomic mass is 9.83. The molecule has 2 atom stereocenters. The number of aryl methyl sites for hydroxylation is 1. The van der Waals surface area contributed by atoms with Gasteiger partial charge in [0.15, 0.2) is 0 Å². The van der Waals surface area contributed by atoms with Gasteiger partial charge in [0.25, 0.3) is 0 Å². The maximum absolute atomic E-state index is 13.5. The average molecular weight is 266 g/mol. The first-order valence-electron chi connectivity index (χ1n) is 7.03. The molecule has 0 spiro atoms. The highest BCUT2D eigenvalue weighted by Crippen LogP contribution is 2.33. The monoisotopic (exact) mass is 266 g/mol. The summed E-state index contributed by atoms with van der Waals surface area (Å²) < 4.78 is 13.5.